The maximum Gasteiger partial charge on any atom is 0.410 e. The highest BCUT2D eigenvalue weighted by Gasteiger charge is 2.35. The second-order valence-electron chi connectivity index (χ2n) is 14.9. The van der Waals surface area contributed by atoms with Gasteiger partial charge in [-0.2, -0.15) is 0 Å². The Bertz CT molecular complexity index is 1610. The summed E-state index contributed by atoms with van der Waals surface area (Å²) >= 11 is 0. The minimum atomic E-state index is -1.35. The van der Waals surface area contributed by atoms with Crippen molar-refractivity contribution in [1.82, 2.24) is 24.8 Å². The van der Waals surface area contributed by atoms with E-state index in [4.69, 9.17) is 14.2 Å². The van der Waals surface area contributed by atoms with Crippen molar-refractivity contribution in [3.05, 3.63) is 41.6 Å². The second-order valence-corrected chi connectivity index (χ2v) is 20.5. The number of piperidine rings is 1. The summed E-state index contributed by atoms with van der Waals surface area (Å²) in [6.07, 6.45) is 2.43. The van der Waals surface area contributed by atoms with Crippen molar-refractivity contribution in [2.24, 2.45) is 5.92 Å². The molecule has 0 bridgehead atoms. The zero-order valence-electron chi connectivity index (χ0n) is 28.6. The third-order valence-electron chi connectivity index (χ3n) is 8.46. The van der Waals surface area contributed by atoms with Crippen LogP contribution in [0.25, 0.3) is 22.3 Å². The molecule has 3 aromatic rings. The van der Waals surface area contributed by atoms with Crippen LogP contribution in [0.3, 0.4) is 0 Å². The molecule has 256 valence electrons. The van der Waals surface area contributed by atoms with Gasteiger partial charge in [0.15, 0.2) is 0 Å². The maximum atomic E-state index is 14.4. The van der Waals surface area contributed by atoms with Crippen LogP contribution in [-0.2, 0) is 16.2 Å². The Hall–Kier alpha value is -3.55. The van der Waals surface area contributed by atoms with E-state index in [9.17, 15) is 19.1 Å². The number of β-amino-alcohol motifs (C(OH)–C–C–N with tert-alkyl or cyclic N) is 1. The van der Waals surface area contributed by atoms with Crippen LogP contribution in [0.15, 0.2) is 24.5 Å². The van der Waals surface area contributed by atoms with E-state index in [2.05, 4.69) is 34.9 Å². The van der Waals surface area contributed by atoms with Gasteiger partial charge in [0, 0.05) is 38.5 Å². The number of hydrogen-bond donors (Lipinski definition) is 2. The number of nitrogens with zero attached hydrogens (tertiary/aromatic N) is 4. The van der Waals surface area contributed by atoms with E-state index in [-0.39, 0.29) is 13.3 Å². The number of carbonyl (C=O) groups is 2. The van der Waals surface area contributed by atoms with Crippen LogP contribution in [0.4, 0.5) is 9.18 Å². The Balaban J connectivity index is 1.46. The average Bonchev–Trinajstić information content (AvgIpc) is 3.76. The first-order valence-corrected chi connectivity index (χ1v) is 20.1. The smallest absolute Gasteiger partial charge is 0.410 e. The lowest BCUT2D eigenvalue weighted by Gasteiger charge is -2.36. The van der Waals surface area contributed by atoms with Gasteiger partial charge >= 0.3 is 6.09 Å². The molecular weight excluding hydrogens is 621 g/mol. The highest BCUT2D eigenvalue weighted by Crippen LogP contribution is 2.38. The first-order valence-electron chi connectivity index (χ1n) is 16.4. The lowest BCUT2D eigenvalue weighted by molar-refractivity contribution is -0.00408. The third-order valence-corrected chi connectivity index (χ3v) is 10.2. The molecule has 1 aromatic carbocycles. The van der Waals surface area contributed by atoms with Crippen LogP contribution >= 0.6 is 0 Å². The largest absolute Gasteiger partial charge is 0.492 e. The summed E-state index contributed by atoms with van der Waals surface area (Å²) in [4.78, 5) is 37.2. The molecule has 1 saturated heterocycles. The van der Waals surface area contributed by atoms with Crippen LogP contribution in [-0.4, -0.2) is 88.7 Å². The van der Waals surface area contributed by atoms with Crippen molar-refractivity contribution < 1.29 is 33.3 Å². The van der Waals surface area contributed by atoms with Crippen molar-refractivity contribution in [1.29, 1.82) is 0 Å². The van der Waals surface area contributed by atoms with Gasteiger partial charge in [0.2, 0.25) is 0 Å². The number of hydrogen-bond acceptors (Lipinski definition) is 8. The number of nitrogens with one attached hydrogen (secondary N) is 1. The van der Waals surface area contributed by atoms with Gasteiger partial charge in [-0.3, -0.25) is 4.79 Å². The molecule has 13 heteroatoms. The zero-order valence-corrected chi connectivity index (χ0v) is 29.6. The van der Waals surface area contributed by atoms with E-state index in [1.54, 1.807) is 26.8 Å². The van der Waals surface area contributed by atoms with Crippen LogP contribution in [0.5, 0.6) is 5.75 Å². The van der Waals surface area contributed by atoms with E-state index in [0.717, 1.165) is 18.9 Å². The molecule has 2 amide bonds. The van der Waals surface area contributed by atoms with Crippen LogP contribution in [0, 0.1) is 18.7 Å². The SMILES string of the molecule is Cc1c(C(=O)N[C@@H]2CCN(C(=O)OC(C)(C)C)C[C@@H]2O)c2ncnc(-c3ccc(F)cc3OCC3CC3)c2n1COCC[Si](C)(C)C. The van der Waals surface area contributed by atoms with E-state index in [0.29, 0.717) is 71.4 Å². The monoisotopic (exact) mass is 669 g/mol. The molecular formula is C34H48FN5O6Si. The molecule has 1 saturated carbocycles. The summed E-state index contributed by atoms with van der Waals surface area (Å²) in [5.74, 6) is 0.0244. The summed E-state index contributed by atoms with van der Waals surface area (Å²) < 4.78 is 34.0. The van der Waals surface area contributed by atoms with Gasteiger partial charge in [-0.15, -0.1) is 0 Å². The fourth-order valence-electron chi connectivity index (χ4n) is 5.59. The Morgan fingerprint density at radius 2 is 1.89 bits per heavy atom. The van der Waals surface area contributed by atoms with Crippen molar-refractivity contribution >= 4 is 31.1 Å². The molecule has 0 spiro atoms. The third kappa shape index (κ3) is 8.68. The number of fused-ring (bicyclic) bond motifs is 1. The minimum absolute atomic E-state index is 0.0338. The van der Waals surface area contributed by atoms with Crippen LogP contribution < -0.4 is 10.1 Å². The number of benzene rings is 1. The molecule has 3 heterocycles. The van der Waals surface area contributed by atoms with Gasteiger partial charge in [0.25, 0.3) is 5.91 Å². The summed E-state index contributed by atoms with van der Waals surface area (Å²) in [5, 5.41) is 14.0. The molecule has 0 radical (unpaired) electrons. The number of carbonyl (C=O) groups excluding carboxylic acids is 2. The molecule has 2 aromatic heterocycles. The number of rotatable bonds is 11. The minimum Gasteiger partial charge on any atom is -0.492 e. The molecule has 2 atom stereocenters. The standard InChI is InChI=1S/C34H48FN5O6Si/c1-21-28(32(42)38-25-12-13-39(17-26(25)41)33(43)46-34(2,3)4)30-31(40(21)20-44-14-15-47(5,6)7)29(36-19-37-30)24-11-10-23(35)16-27(24)45-18-22-8-9-22/h10-11,16,19,22,25-26,41H,8-9,12-15,17-18,20H2,1-7H3,(H,38,42)/t25-,26+/m1/s1. The van der Waals surface area contributed by atoms with Crippen molar-refractivity contribution in [3.8, 4) is 17.0 Å². The number of aromatic nitrogens is 3. The van der Waals surface area contributed by atoms with E-state index in [1.165, 1.54) is 23.4 Å². The molecule has 0 unspecified atom stereocenters. The Morgan fingerprint density at radius 1 is 1.15 bits per heavy atom. The van der Waals surface area contributed by atoms with Crippen molar-refractivity contribution in [3.63, 3.8) is 0 Å². The molecule has 2 N–H and O–H groups in total. The molecule has 2 fully saturated rings. The topological polar surface area (TPSA) is 128 Å². The van der Waals surface area contributed by atoms with Gasteiger partial charge in [0.1, 0.15) is 41.4 Å². The molecule has 2 aliphatic rings. The highest BCUT2D eigenvalue weighted by atomic mass is 28.3. The van der Waals surface area contributed by atoms with E-state index >= 15 is 0 Å². The number of halogens is 1. The molecule has 1 aliphatic carbocycles. The first kappa shape index (κ1) is 34.8. The van der Waals surface area contributed by atoms with E-state index in [1.807, 2.05) is 11.5 Å². The summed E-state index contributed by atoms with van der Waals surface area (Å²) in [6.45, 7) is 15.6. The number of amides is 2. The molecule has 1 aliphatic heterocycles. The molecule has 11 nitrogen and oxygen atoms in total. The number of aliphatic hydroxyl groups excluding tert-OH is 1. The second kappa shape index (κ2) is 13.9. The lowest BCUT2D eigenvalue weighted by atomic mass is 10.0. The van der Waals surface area contributed by atoms with Crippen molar-refractivity contribution in [2.75, 3.05) is 26.3 Å². The Labute approximate surface area is 276 Å². The van der Waals surface area contributed by atoms with Gasteiger partial charge < -0.3 is 34.1 Å². The van der Waals surface area contributed by atoms with E-state index < -0.39 is 43.6 Å². The summed E-state index contributed by atoms with van der Waals surface area (Å²) in [5.41, 5.74) is 2.39. The fraction of sp³-hybridized carbons (Fsp3) is 0.588. The van der Waals surface area contributed by atoms with Gasteiger partial charge in [0.05, 0.1) is 36.4 Å². The van der Waals surface area contributed by atoms with Gasteiger partial charge in [-0.05, 0) is 71.1 Å². The summed E-state index contributed by atoms with van der Waals surface area (Å²) in [7, 11) is -1.35. The normalized spacial score (nSPS) is 18.8. The highest BCUT2D eigenvalue weighted by molar-refractivity contribution is 6.76. The summed E-state index contributed by atoms with van der Waals surface area (Å²) in [6, 6.07) is 4.77. The van der Waals surface area contributed by atoms with Crippen LogP contribution in [0.1, 0.15) is 56.1 Å². The Morgan fingerprint density at radius 3 is 2.55 bits per heavy atom. The average molecular weight is 670 g/mol. The Kier molecular flexibility index (Phi) is 10.3. The lowest BCUT2D eigenvalue weighted by Crippen LogP contribution is -2.56. The predicted octanol–water partition coefficient (Wildman–Crippen LogP) is 5.75. The first-order chi connectivity index (χ1) is 22.1. The van der Waals surface area contributed by atoms with Crippen LogP contribution in [0.2, 0.25) is 25.7 Å². The number of likely N-dealkylation sites (tertiary alicyclic amines) is 1. The van der Waals surface area contributed by atoms with Crippen molar-refractivity contribution in [2.45, 2.75) is 97.1 Å². The number of aliphatic hydroxyl groups is 1. The van der Waals surface area contributed by atoms with Gasteiger partial charge in [-0.25, -0.2) is 19.2 Å². The quantitative estimate of drug-likeness (QED) is 0.195. The molecule has 5 rings (SSSR count). The molecule has 47 heavy (non-hydrogen) atoms. The predicted molar refractivity (Wildman–Crippen MR) is 180 cm³/mol. The number of ether oxygens (including phenoxy) is 3. The maximum absolute atomic E-state index is 14.4. The zero-order chi connectivity index (χ0) is 34.1. The fourth-order valence-corrected chi connectivity index (χ4v) is 6.35. The van der Waals surface area contributed by atoms with Gasteiger partial charge in [-0.1, -0.05) is 19.6 Å².